The summed E-state index contributed by atoms with van der Waals surface area (Å²) in [6.07, 6.45) is 9.72. The maximum atomic E-state index is 12.2. The van der Waals surface area contributed by atoms with Gasteiger partial charge in [0.2, 0.25) is 0 Å². The van der Waals surface area contributed by atoms with Crippen LogP contribution in [0.5, 0.6) is 0 Å². The average Bonchev–Trinajstić information content (AvgIpc) is 1.63. The molecule has 2 saturated carbocycles. The van der Waals surface area contributed by atoms with E-state index in [-0.39, 0.29) is 13.9 Å². The van der Waals surface area contributed by atoms with Gasteiger partial charge in [-0.05, 0) is 113 Å². The predicted molar refractivity (Wildman–Crippen MR) is 811 cm³/mol. The van der Waals surface area contributed by atoms with Crippen LogP contribution in [0.25, 0.3) is 44.3 Å². The van der Waals surface area contributed by atoms with Crippen molar-refractivity contribution in [2.45, 2.75) is 76.3 Å². The van der Waals surface area contributed by atoms with Crippen molar-refractivity contribution in [1.29, 1.82) is 0 Å². The number of fused-ring (bicyclic) bond motifs is 2. The first-order chi connectivity index (χ1) is 54.0. The van der Waals surface area contributed by atoms with Gasteiger partial charge in [-0.2, -0.15) is 0 Å². The van der Waals surface area contributed by atoms with Crippen LogP contribution in [0.4, 0.5) is 11.4 Å². The second kappa shape index (κ2) is 58.1. The number of carbonyl (C=O) groups excluding carboxylic acids is 1. The van der Waals surface area contributed by atoms with E-state index in [1.807, 2.05) is 84.0 Å². The van der Waals surface area contributed by atoms with E-state index in [2.05, 4.69) is 416 Å². The Hall–Kier alpha value is 21.0. The van der Waals surface area contributed by atoms with Gasteiger partial charge in [0.05, 0.1) is 49.4 Å². The molecule has 0 unspecified atom stereocenters. The molecule has 4 fully saturated rings. The molecule has 0 radical (unpaired) electrons. The molecule has 4 aromatic heterocycles. The van der Waals surface area contributed by atoms with E-state index in [0.29, 0.717) is 68.4 Å². The Bertz CT molecular complexity index is 4560. The van der Waals surface area contributed by atoms with Crippen LogP contribution in [0.2, 0.25) is 20.1 Å². The number of hydrogen-bond acceptors (Lipinski definition) is 11. The molecule has 2 aliphatic carbocycles. The summed E-state index contributed by atoms with van der Waals surface area (Å²) in [6.45, 7) is 11.9. The van der Waals surface area contributed by atoms with Gasteiger partial charge in [-0.15, -0.1) is 0 Å². The van der Waals surface area contributed by atoms with E-state index < -0.39 is 132 Å². The maximum absolute atomic E-state index is 12.2. The number of aromatic nitrogens is 4. The number of hydrogen-bond donors (Lipinski definition) is 1. The first-order valence-corrected chi connectivity index (χ1v) is 259. The van der Waals surface area contributed by atoms with Gasteiger partial charge in [0.25, 0.3) is 0 Å². The molecule has 2 saturated heterocycles. The Labute approximate surface area is 938 Å². The number of halogens is 41. The van der Waals surface area contributed by atoms with Crippen LogP contribution in [0.15, 0.2) is 94.2 Å². The Kier molecular flexibility index (Phi) is 59.6. The number of piperazine rings is 2. The molecule has 1 N–H and O–H groups in total. The molecule has 2 atom stereocenters. The number of carboxylic acid groups (broad SMARTS) is 1. The van der Waals surface area contributed by atoms with Crippen molar-refractivity contribution in [2.75, 3.05) is 69.3 Å². The standard InChI is InChI=1S/C30H32Cl2N4O3.C29H30Cl2N4O3.I37/c1-18-16-36(20-9-10-21-23(30(37)38-3)17-34(2)26(21)15-20)14-13-35(18)12-11-22-28(33-39-29(22)19-7-8-19)27-24(31)5-4-6-25(27)32;1-17-15-35(19-8-9-20-22(29(36)37)16-33(2)25(20)14-19)13-12-34(17)11-10-21-27(32-38-28(21)18-6-7-18)26-23(30)4-3-5-24(26)31;1-20-22(4)24(6)26(8)28(10)30(12)32(14)34(16)36(18)37(19)35(17)33(15)31(13)29(11)27(9)25(7)23(5)21(2)3/h4-6,9-10,15,17-19H,7-8,11-14,16H2,1-3H3;3-5,8-9,14,16-18H,6-7,10-13,15H2,1-2H3,(H,36,37);/q;;-1/t18-;17-;/m00./s1. The number of benzene rings is 4. The summed E-state index contributed by atoms with van der Waals surface area (Å²) >= 11 is 87.7. The van der Waals surface area contributed by atoms with Crippen LogP contribution < -0.4 is 23.1 Å². The molecule has 4 aliphatic rings. The van der Waals surface area contributed by atoms with Crippen molar-refractivity contribution in [3.63, 3.8) is 0 Å². The van der Waals surface area contributed by atoms with Gasteiger partial charge in [0.1, 0.15) is 22.9 Å². The summed E-state index contributed by atoms with van der Waals surface area (Å²) < 4.78 is 20.6. The van der Waals surface area contributed by atoms with Crippen molar-refractivity contribution in [1.82, 2.24) is 29.2 Å². The first kappa shape index (κ1) is 117. The van der Waals surface area contributed by atoms with Crippen LogP contribution in [0.3, 0.4) is 0 Å². The van der Waals surface area contributed by atoms with E-state index in [1.54, 1.807) is 6.20 Å². The number of carbonyl (C=O) groups is 2. The van der Waals surface area contributed by atoms with Gasteiger partial charge >= 0.3 is 513 Å². The van der Waals surface area contributed by atoms with Crippen LogP contribution in [0, 0.1) is 0 Å². The Morgan fingerprint density at radius 3 is 1.15 bits per heavy atom. The molecule has 0 amide bonds. The number of rotatable bonds is 31. The van der Waals surface area contributed by atoms with Crippen molar-refractivity contribution < 1.29 is 41.7 Å². The fourth-order valence-electron chi connectivity index (χ4n) is 12.0. The molecule has 12 rings (SSSR count). The normalized spacial score (nSPS) is 18.4. The fourth-order valence-corrected chi connectivity index (χ4v) is 6510. The van der Waals surface area contributed by atoms with Crippen LogP contribution in [-0.2, 0) is 31.7 Å². The second-order valence-electron chi connectivity index (χ2n) is 24.0. The number of anilines is 2. The number of methoxy groups -OCH3 is 1. The zero-order valence-corrected chi connectivity index (χ0v) is 141. The molecule has 0 bridgehead atoms. The SMILES string of the molecule is COC(=O)c1cn(C)c2cc(N3CCN(CCc4c(-c5c(Cl)cccc5Cl)noc4C4CC4)[C@@H](C)C3)ccc12.C[C@H]1CN(c2ccc3c(C(=O)O)cn(C)c3c2)CCN1CCc1c(-c2c(Cl)cccc2Cl)noc1C1CC1.I[I-]I(I)I(I)I(I)I(I)I(I)I(I)I(I)I(I)I(I)I(I)I(I)I(I)I(I)I(I)I(I)I(I)I(I)I. The fraction of sp³-hybridized carbons (Fsp3) is 0.390. The van der Waals surface area contributed by atoms with Gasteiger partial charge in [0.15, 0.2) is 0 Å². The number of aromatic carboxylic acids is 1. The molecular formula is C59H62Cl4I37N8O6-. The Morgan fingerprint density at radius 1 is 0.500 bits per heavy atom. The second-order valence-corrected chi connectivity index (χ2v) is 870. The van der Waals surface area contributed by atoms with E-state index in [0.717, 1.165) is 169 Å². The molecule has 8 aromatic rings. The van der Waals surface area contributed by atoms with Crippen LogP contribution in [-0.4, -0.2) is 118 Å². The Balaban J connectivity index is 0.000000181. The molecular weight excluding hydrogens is 5750 g/mol. The third-order valence-electron chi connectivity index (χ3n) is 17.4. The zero-order valence-electron chi connectivity index (χ0n) is 57.9. The quantitative estimate of drug-likeness (QED) is 0.0327. The first-order valence-electron chi connectivity index (χ1n) is 31.6. The molecule has 0 spiro atoms. The van der Waals surface area contributed by atoms with Gasteiger partial charge in [0, 0.05) is 147 Å². The summed E-state index contributed by atoms with van der Waals surface area (Å²) in [5.74, 6) is 1.66. The topological polar surface area (TPSA) is 138 Å². The molecule has 55 heteroatoms. The van der Waals surface area contributed by atoms with E-state index in [4.69, 9.17) is 60.2 Å². The van der Waals surface area contributed by atoms with Crippen molar-refractivity contribution in [3.05, 3.63) is 139 Å². The molecule has 6 heterocycles. The van der Waals surface area contributed by atoms with Crippen LogP contribution >= 0.6 is 534 Å². The minimum atomic E-state index is -0.900. The number of carboxylic acids is 1. The van der Waals surface area contributed by atoms with E-state index in [1.165, 1.54) is 7.11 Å². The van der Waals surface area contributed by atoms with Gasteiger partial charge in [-0.3, -0.25) is 9.80 Å². The van der Waals surface area contributed by atoms with Crippen molar-refractivity contribution >= 4 is 579 Å². The monoisotopic (exact) mass is 5810 g/mol. The molecule has 114 heavy (non-hydrogen) atoms. The molecule has 4 aromatic carbocycles. The zero-order chi connectivity index (χ0) is 83.3. The van der Waals surface area contributed by atoms with Crippen molar-refractivity contribution in [3.8, 4) is 22.5 Å². The summed E-state index contributed by atoms with van der Waals surface area (Å²) in [5.41, 5.74) is 10.5. The van der Waals surface area contributed by atoms with E-state index >= 15 is 0 Å². The number of aryl methyl sites for hydroxylation is 2. The minimum absolute atomic E-state index is 0.312. The number of ether oxygens (including phenoxy) is 1. The van der Waals surface area contributed by atoms with E-state index in [9.17, 15) is 14.7 Å². The predicted octanol–water partition coefficient (Wildman–Crippen LogP) is 41.9. The Morgan fingerprint density at radius 2 is 0.833 bits per heavy atom. The molecule has 2 aliphatic heterocycles. The van der Waals surface area contributed by atoms with Gasteiger partial charge < -0.3 is 37.8 Å². The third kappa shape index (κ3) is 32.5. The molecule has 14 nitrogen and oxygen atoms in total. The number of nitrogens with zero attached hydrogens (tertiary/aromatic N) is 8. The summed E-state index contributed by atoms with van der Waals surface area (Å²) in [7, 11) is -2.92. The van der Waals surface area contributed by atoms with Gasteiger partial charge in [-0.1, -0.05) is 68.8 Å². The molecule has 662 valence electrons. The summed E-state index contributed by atoms with van der Waals surface area (Å²) in [6, 6.07) is 24.2. The average molecular weight is 5820 g/mol. The summed E-state index contributed by atoms with van der Waals surface area (Å²) in [5, 5.41) is 22.4. The number of esters is 1. The van der Waals surface area contributed by atoms with Crippen LogP contribution in [0.1, 0.15) is 94.7 Å². The van der Waals surface area contributed by atoms with Crippen molar-refractivity contribution in [2.24, 2.45) is 14.1 Å². The summed E-state index contributed by atoms with van der Waals surface area (Å²) in [4.78, 5) is 33.6. The van der Waals surface area contributed by atoms with Gasteiger partial charge in [-0.25, -0.2) is 9.59 Å². The third-order valence-corrected chi connectivity index (χ3v) is 2740.